The summed E-state index contributed by atoms with van der Waals surface area (Å²) in [6, 6.07) is 200. The van der Waals surface area contributed by atoms with Crippen LogP contribution < -0.4 is 14.7 Å². The maximum atomic E-state index is 2.50. The lowest BCUT2D eigenvalue weighted by Crippen LogP contribution is -2.10. The Morgan fingerprint density at radius 2 is 0.429 bits per heavy atom. The van der Waals surface area contributed by atoms with Crippen molar-refractivity contribution in [3.05, 3.63) is 552 Å². The first-order chi connectivity index (χ1) is 73.0. The molecule has 147 heavy (non-hydrogen) atoms. The minimum absolute atomic E-state index is 1.10. The Morgan fingerprint density at radius 1 is 0.136 bits per heavy atom. The second-order valence-electron chi connectivity index (χ2n) is 38.4. The first kappa shape index (κ1) is 84.3. The third-order valence-corrected chi connectivity index (χ3v) is 30.4. The van der Waals surface area contributed by atoms with Gasteiger partial charge in [0.1, 0.15) is 0 Å². The summed E-state index contributed by atoms with van der Waals surface area (Å²) in [7, 11) is 0. The van der Waals surface area contributed by atoms with Gasteiger partial charge in [-0.25, -0.2) is 0 Å². The Bertz CT molecular complexity index is 10200. The van der Waals surface area contributed by atoms with Gasteiger partial charge in [-0.2, -0.15) is 0 Å². The third-order valence-electron chi connectivity index (χ3n) is 30.4. The second kappa shape index (κ2) is 34.7. The highest BCUT2D eigenvalue weighted by Gasteiger charge is 2.32. The topological polar surface area (TPSA) is 28.9 Å². The van der Waals surface area contributed by atoms with E-state index in [2.05, 4.69) is 585 Å². The number of hydrogen-bond donors (Lipinski definition) is 0. The molecule has 0 saturated heterocycles. The molecule has 0 atom stereocenters. The lowest BCUT2D eigenvalue weighted by Gasteiger charge is -2.26. The van der Waals surface area contributed by atoms with E-state index < -0.39 is 0 Å². The van der Waals surface area contributed by atoms with Gasteiger partial charge >= 0.3 is 0 Å². The van der Waals surface area contributed by atoms with Gasteiger partial charge in [0.05, 0.1) is 49.7 Å². The SMILES string of the molecule is c1ccc(-c2ccc(N(c3ccccc3)c3cccc(-n4c5cccc6c5c5c7c(cccc7ccc54)-c4ccccc4-6)c3)cc2)cc1.c1ccc(-c2ccc(N(c3ccccc3)c3cccc(-n4c5cccc6c7ccccc7n7c8ccccc8c8ccc4c(c65)c87)c3)cc2)cc1.c1ccc(-c2ccc3c4c2-c2ccccc2-c2cccc5ccc(c4c25)n3-c2cccc(N(c3ccccc3)c3ccccc3)c2)cc1. The quantitative estimate of drug-likeness (QED) is 0.102. The van der Waals surface area contributed by atoms with Crippen molar-refractivity contribution in [2.24, 2.45) is 0 Å². The fraction of sp³-hybridized carbons (Fsp3) is 0. The molecule has 0 spiro atoms. The van der Waals surface area contributed by atoms with Crippen molar-refractivity contribution in [2.75, 3.05) is 14.7 Å². The molecular formula is C140H91N7. The number of aromatic nitrogens is 4. The Labute approximate surface area is 849 Å². The fourth-order valence-corrected chi connectivity index (χ4v) is 24.2. The molecule has 7 heteroatoms. The number of fused-ring (bicyclic) bond motifs is 12. The van der Waals surface area contributed by atoms with Gasteiger partial charge in [0.25, 0.3) is 0 Å². The minimum atomic E-state index is 1.10. The number of nitrogens with zero attached hydrogens (tertiary/aromatic N) is 7. The van der Waals surface area contributed by atoms with Gasteiger partial charge in [0.15, 0.2) is 0 Å². The van der Waals surface area contributed by atoms with Crippen LogP contribution in [-0.4, -0.2) is 18.1 Å². The second-order valence-corrected chi connectivity index (χ2v) is 38.4. The van der Waals surface area contributed by atoms with Crippen LogP contribution in [0.4, 0.5) is 51.2 Å². The number of benzene rings is 24. The maximum absolute atomic E-state index is 2.50. The number of hydrogen-bond acceptors (Lipinski definition) is 3. The molecule has 31 rings (SSSR count). The third kappa shape index (κ3) is 13.7. The van der Waals surface area contributed by atoms with Crippen molar-refractivity contribution in [2.45, 2.75) is 0 Å². The van der Waals surface area contributed by atoms with Gasteiger partial charge in [-0.3, -0.25) is 0 Å². The van der Waals surface area contributed by atoms with Gasteiger partial charge in [-0.05, 0) is 275 Å². The van der Waals surface area contributed by atoms with E-state index in [1.165, 1.54) is 203 Å². The van der Waals surface area contributed by atoms with E-state index in [0.29, 0.717) is 0 Å². The molecule has 0 amide bonds. The summed E-state index contributed by atoms with van der Waals surface area (Å²) < 4.78 is 9.90. The number of anilines is 9. The van der Waals surface area contributed by atoms with Crippen LogP contribution >= 0.6 is 0 Å². The molecule has 2 aliphatic rings. The highest BCUT2D eigenvalue weighted by atomic mass is 15.2. The van der Waals surface area contributed by atoms with E-state index in [1.54, 1.807) is 0 Å². The highest BCUT2D eigenvalue weighted by Crippen LogP contribution is 2.56. The standard InChI is InChI=1S/C48H31N3.2C46H30N2/c1-3-13-32(14-4-1)33-25-27-35(28-26-33)49(34-15-5-2-6-16-34)36-17-11-18-37(31-36)50-44-24-12-21-40-38-19-7-9-22-42(38)51-43-23-10-8-20-39(43)41-29-30-45(50)47(46(40)44)48(41)51;1-4-14-31(15-5-1)37-27-29-42-46-44(37)40-24-11-10-23-38(40)39-25-12-16-32-26-28-41(45(46)43(32)39)48(42)36-22-13-21-35(30-36)47(33-17-6-2-7-18-33)34-19-8-3-9-20-34;1-3-12-31(13-4-1)32-24-27-35(28-25-32)47(34-15-5-2-6-16-34)36-17-10-18-37(30-36)48-42-23-11-22-41-39-20-8-7-19-38(39)40-21-9-14-33-26-29-43(48)46(44(33)40)45(41)42/h1-31H;2*1-30H. The van der Waals surface area contributed by atoms with Crippen LogP contribution in [0.3, 0.4) is 0 Å². The monoisotopic (exact) mass is 1870 g/mol. The minimum Gasteiger partial charge on any atom is -0.310 e. The van der Waals surface area contributed by atoms with E-state index in [9.17, 15) is 0 Å². The molecule has 0 N–H and O–H groups in total. The van der Waals surface area contributed by atoms with Crippen molar-refractivity contribution < 1.29 is 0 Å². The summed E-state index contributed by atoms with van der Waals surface area (Å²) >= 11 is 0. The molecular weight excluding hydrogens is 1780 g/mol. The summed E-state index contributed by atoms with van der Waals surface area (Å²) in [5.74, 6) is 0. The summed E-state index contributed by atoms with van der Waals surface area (Å²) in [5.41, 5.74) is 42.1. The first-order valence-electron chi connectivity index (χ1n) is 50.6. The number of para-hydroxylation sites is 6. The average molecular weight is 1870 g/mol. The lowest BCUT2D eigenvalue weighted by molar-refractivity contribution is 1.17. The van der Waals surface area contributed by atoms with E-state index in [0.717, 1.165) is 68.2 Å². The Kier molecular flexibility index (Phi) is 19.9. The zero-order valence-corrected chi connectivity index (χ0v) is 80.2. The zero-order chi connectivity index (χ0) is 96.7. The molecule has 0 unspecified atom stereocenters. The van der Waals surface area contributed by atoms with Crippen molar-refractivity contribution in [1.29, 1.82) is 0 Å². The molecule has 5 aromatic heterocycles. The van der Waals surface area contributed by atoms with Gasteiger partial charge in [-0.15, -0.1) is 0 Å². The van der Waals surface area contributed by atoms with E-state index >= 15 is 0 Å². The predicted octanol–water partition coefficient (Wildman–Crippen LogP) is 38.5. The molecule has 29 aromatic rings. The molecule has 2 aliphatic carbocycles. The zero-order valence-electron chi connectivity index (χ0n) is 80.2. The Morgan fingerprint density at radius 3 is 0.891 bits per heavy atom. The van der Waals surface area contributed by atoms with Gasteiger partial charge in [0, 0.05) is 122 Å². The number of rotatable bonds is 15. The van der Waals surface area contributed by atoms with E-state index in [-0.39, 0.29) is 0 Å². The first-order valence-corrected chi connectivity index (χ1v) is 50.6. The molecule has 0 radical (unpaired) electrons. The summed E-state index contributed by atoms with van der Waals surface area (Å²) in [5, 5.41) is 18.1. The molecule has 0 aliphatic heterocycles. The fourth-order valence-electron chi connectivity index (χ4n) is 24.2. The van der Waals surface area contributed by atoms with E-state index in [4.69, 9.17) is 0 Å². The summed E-state index contributed by atoms with van der Waals surface area (Å²) in [4.78, 5) is 7.04. The van der Waals surface area contributed by atoms with Crippen LogP contribution in [0.2, 0.25) is 0 Å². The summed E-state index contributed by atoms with van der Waals surface area (Å²) in [6.45, 7) is 0. The molecule has 0 saturated carbocycles. The Balaban J connectivity index is 0.000000104. The van der Waals surface area contributed by atoms with Gasteiger partial charge < -0.3 is 32.8 Å². The molecule has 0 bridgehead atoms. The average Bonchev–Trinajstić information content (AvgIpc) is 1.52. The molecule has 7 nitrogen and oxygen atoms in total. The van der Waals surface area contributed by atoms with Gasteiger partial charge in [0.2, 0.25) is 0 Å². The molecule has 5 heterocycles. The van der Waals surface area contributed by atoms with Gasteiger partial charge in [-0.1, -0.05) is 376 Å². The Hall–Kier alpha value is -19.6. The van der Waals surface area contributed by atoms with Crippen molar-refractivity contribution in [3.8, 4) is 95.0 Å². The lowest BCUT2D eigenvalue weighted by atomic mass is 9.88. The molecule has 0 fully saturated rings. The predicted molar refractivity (Wildman–Crippen MR) is 621 cm³/mol. The van der Waals surface area contributed by atoms with Crippen molar-refractivity contribution >= 4 is 176 Å². The van der Waals surface area contributed by atoms with Crippen LogP contribution in [0.5, 0.6) is 0 Å². The van der Waals surface area contributed by atoms with E-state index in [1.807, 2.05) is 0 Å². The normalized spacial score (nSPS) is 11.8. The summed E-state index contributed by atoms with van der Waals surface area (Å²) in [6.07, 6.45) is 0. The maximum Gasteiger partial charge on any atom is 0.0641 e. The van der Waals surface area contributed by atoms with Crippen LogP contribution in [0.15, 0.2) is 552 Å². The van der Waals surface area contributed by atoms with Crippen LogP contribution in [0, 0.1) is 0 Å². The highest BCUT2D eigenvalue weighted by molar-refractivity contribution is 6.35. The van der Waals surface area contributed by atoms with Crippen LogP contribution in [0.1, 0.15) is 0 Å². The van der Waals surface area contributed by atoms with Crippen LogP contribution in [0.25, 0.3) is 220 Å². The molecule has 686 valence electrons. The molecule has 24 aromatic carbocycles. The largest absolute Gasteiger partial charge is 0.310 e. The van der Waals surface area contributed by atoms with Crippen LogP contribution in [-0.2, 0) is 0 Å². The van der Waals surface area contributed by atoms with Crippen molar-refractivity contribution in [1.82, 2.24) is 18.1 Å². The smallest absolute Gasteiger partial charge is 0.0641 e. The van der Waals surface area contributed by atoms with Crippen molar-refractivity contribution in [3.63, 3.8) is 0 Å².